The van der Waals surface area contributed by atoms with Gasteiger partial charge < -0.3 is 10.1 Å². The largest absolute Gasteiger partial charge is 0.497 e. The zero-order valence-corrected chi connectivity index (χ0v) is 13.6. The second kappa shape index (κ2) is 6.19. The molecule has 2 rings (SSSR count). The number of rotatable bonds is 4. The average Bonchev–Trinajstić information content (AvgIpc) is 2.95. The van der Waals surface area contributed by atoms with Crippen LogP contribution in [0.3, 0.4) is 0 Å². The first-order valence-electron chi connectivity index (χ1n) is 6.84. The van der Waals surface area contributed by atoms with Gasteiger partial charge in [-0.1, -0.05) is 20.8 Å². The van der Waals surface area contributed by atoms with Crippen LogP contribution in [-0.4, -0.2) is 7.11 Å². The first-order valence-corrected chi connectivity index (χ1v) is 7.66. The molecule has 0 saturated heterocycles. The third-order valence-corrected chi connectivity index (χ3v) is 4.76. The molecule has 1 N–H and O–H groups in total. The van der Waals surface area contributed by atoms with E-state index in [4.69, 9.17) is 4.74 Å². The van der Waals surface area contributed by atoms with Crippen LogP contribution in [0.1, 0.15) is 36.6 Å². The molecule has 1 aromatic carbocycles. The standard InChI is InChI=1S/C17H20N2OS/c1-17(2,3)16-10-9-15(21-16)14(11-18)19-12-5-7-13(20-4)8-6-12/h5-10,14,19H,1-4H3. The molecule has 1 heterocycles. The van der Waals surface area contributed by atoms with Gasteiger partial charge in [-0.3, -0.25) is 0 Å². The lowest BCUT2D eigenvalue weighted by atomic mass is 9.95. The smallest absolute Gasteiger partial charge is 0.149 e. The van der Waals surface area contributed by atoms with Gasteiger partial charge in [0.25, 0.3) is 0 Å². The highest BCUT2D eigenvalue weighted by atomic mass is 32.1. The summed E-state index contributed by atoms with van der Waals surface area (Å²) in [6.07, 6.45) is 0. The molecule has 110 valence electrons. The van der Waals surface area contributed by atoms with E-state index in [0.717, 1.165) is 16.3 Å². The monoisotopic (exact) mass is 300 g/mol. The number of benzene rings is 1. The Kier molecular flexibility index (Phi) is 4.54. The second-order valence-corrected chi connectivity index (χ2v) is 7.00. The zero-order chi connectivity index (χ0) is 15.5. The van der Waals surface area contributed by atoms with Gasteiger partial charge >= 0.3 is 0 Å². The fraction of sp³-hybridized carbons (Fsp3) is 0.353. The molecule has 2 aromatic rings. The number of nitrogens with zero attached hydrogens (tertiary/aromatic N) is 1. The Labute approximate surface area is 130 Å². The van der Waals surface area contributed by atoms with Crippen molar-refractivity contribution in [3.05, 3.63) is 46.2 Å². The van der Waals surface area contributed by atoms with Crippen LogP contribution in [0, 0.1) is 11.3 Å². The molecule has 1 aromatic heterocycles. The van der Waals surface area contributed by atoms with Gasteiger partial charge in [0.15, 0.2) is 0 Å². The number of ether oxygens (including phenoxy) is 1. The highest BCUT2D eigenvalue weighted by molar-refractivity contribution is 7.12. The van der Waals surface area contributed by atoms with Gasteiger partial charge in [-0.2, -0.15) is 5.26 Å². The Morgan fingerprint density at radius 2 is 1.81 bits per heavy atom. The Morgan fingerprint density at radius 3 is 2.29 bits per heavy atom. The van der Waals surface area contributed by atoms with E-state index < -0.39 is 0 Å². The lowest BCUT2D eigenvalue weighted by molar-refractivity contribution is 0.415. The molecule has 1 unspecified atom stereocenters. The van der Waals surface area contributed by atoms with Gasteiger partial charge in [-0.25, -0.2) is 0 Å². The molecular weight excluding hydrogens is 280 g/mol. The van der Waals surface area contributed by atoms with Crippen LogP contribution in [0.25, 0.3) is 0 Å². The van der Waals surface area contributed by atoms with E-state index in [-0.39, 0.29) is 11.5 Å². The van der Waals surface area contributed by atoms with Crippen LogP contribution in [0.4, 0.5) is 5.69 Å². The molecular formula is C17H20N2OS. The van der Waals surface area contributed by atoms with Crippen LogP contribution < -0.4 is 10.1 Å². The van der Waals surface area contributed by atoms with E-state index in [9.17, 15) is 5.26 Å². The maximum absolute atomic E-state index is 9.42. The van der Waals surface area contributed by atoms with Crippen LogP contribution in [0.5, 0.6) is 5.75 Å². The van der Waals surface area contributed by atoms with Gasteiger partial charge in [-0.15, -0.1) is 11.3 Å². The highest BCUT2D eigenvalue weighted by Gasteiger charge is 2.19. The summed E-state index contributed by atoms with van der Waals surface area (Å²) in [5.41, 5.74) is 1.02. The van der Waals surface area contributed by atoms with Gasteiger partial charge in [0.1, 0.15) is 11.8 Å². The Morgan fingerprint density at radius 1 is 1.14 bits per heavy atom. The number of hydrogen-bond acceptors (Lipinski definition) is 4. The molecule has 1 atom stereocenters. The first kappa shape index (κ1) is 15.4. The molecule has 3 nitrogen and oxygen atoms in total. The average molecular weight is 300 g/mol. The summed E-state index contributed by atoms with van der Waals surface area (Å²) in [6, 6.07) is 13.7. The summed E-state index contributed by atoms with van der Waals surface area (Å²) >= 11 is 1.69. The molecule has 0 amide bonds. The molecule has 4 heteroatoms. The Hall–Kier alpha value is -1.99. The van der Waals surface area contributed by atoms with Crippen LogP contribution in [-0.2, 0) is 5.41 Å². The summed E-state index contributed by atoms with van der Waals surface area (Å²) in [5.74, 6) is 0.806. The fourth-order valence-corrected chi connectivity index (χ4v) is 2.99. The predicted octanol–water partition coefficient (Wildman–Crippen LogP) is 4.73. The normalized spacial score (nSPS) is 12.5. The van der Waals surface area contributed by atoms with E-state index >= 15 is 0 Å². The van der Waals surface area contributed by atoms with Crippen molar-refractivity contribution in [2.24, 2.45) is 0 Å². The third kappa shape index (κ3) is 3.77. The summed E-state index contributed by atoms with van der Waals surface area (Å²) in [6.45, 7) is 6.54. The van der Waals surface area contributed by atoms with E-state index in [1.807, 2.05) is 30.3 Å². The number of nitrogens with one attached hydrogen (secondary N) is 1. The lowest BCUT2D eigenvalue weighted by Crippen LogP contribution is -2.08. The Balaban J connectivity index is 2.16. The van der Waals surface area contributed by atoms with Crippen LogP contribution >= 0.6 is 11.3 Å². The summed E-state index contributed by atoms with van der Waals surface area (Å²) in [7, 11) is 1.64. The van der Waals surface area contributed by atoms with Crippen molar-refractivity contribution < 1.29 is 4.74 Å². The number of nitriles is 1. The Bertz CT molecular complexity index is 632. The van der Waals surface area contributed by atoms with Gasteiger partial charge in [0.2, 0.25) is 0 Å². The minimum Gasteiger partial charge on any atom is -0.497 e. The molecule has 0 saturated carbocycles. The minimum absolute atomic E-state index is 0.114. The summed E-state index contributed by atoms with van der Waals surface area (Å²) < 4.78 is 5.14. The molecule has 0 fully saturated rings. The number of hydrogen-bond donors (Lipinski definition) is 1. The van der Waals surface area contributed by atoms with E-state index in [2.05, 4.69) is 38.2 Å². The molecule has 0 spiro atoms. The zero-order valence-electron chi connectivity index (χ0n) is 12.8. The summed E-state index contributed by atoms with van der Waals surface area (Å²) in [4.78, 5) is 2.33. The quantitative estimate of drug-likeness (QED) is 0.887. The van der Waals surface area contributed by atoms with E-state index in [1.54, 1.807) is 18.4 Å². The van der Waals surface area contributed by atoms with E-state index in [0.29, 0.717) is 0 Å². The van der Waals surface area contributed by atoms with Gasteiger partial charge in [0, 0.05) is 15.4 Å². The number of anilines is 1. The van der Waals surface area contributed by atoms with Crippen molar-refractivity contribution >= 4 is 17.0 Å². The molecule has 0 aliphatic heterocycles. The lowest BCUT2D eigenvalue weighted by Gasteiger charge is -2.16. The van der Waals surface area contributed by atoms with Gasteiger partial charge in [-0.05, 0) is 41.8 Å². The van der Waals surface area contributed by atoms with Crippen molar-refractivity contribution in [2.75, 3.05) is 12.4 Å². The molecule has 0 radical (unpaired) electrons. The summed E-state index contributed by atoms with van der Waals surface area (Å²) in [5, 5.41) is 12.7. The van der Waals surface area contributed by atoms with Gasteiger partial charge in [0.05, 0.1) is 13.2 Å². The van der Waals surface area contributed by atoms with Crippen molar-refractivity contribution in [1.29, 1.82) is 5.26 Å². The molecule has 0 bridgehead atoms. The fourth-order valence-electron chi connectivity index (χ4n) is 1.93. The number of thiophene rings is 1. The topological polar surface area (TPSA) is 45.0 Å². The SMILES string of the molecule is COc1ccc(NC(C#N)c2ccc(C(C)(C)C)s2)cc1. The first-order chi connectivity index (χ1) is 9.94. The second-order valence-electron chi connectivity index (χ2n) is 5.89. The van der Waals surface area contributed by atoms with Crippen molar-refractivity contribution in [3.63, 3.8) is 0 Å². The van der Waals surface area contributed by atoms with Crippen LogP contribution in [0.15, 0.2) is 36.4 Å². The third-order valence-electron chi connectivity index (χ3n) is 3.18. The number of methoxy groups -OCH3 is 1. The highest BCUT2D eigenvalue weighted by Crippen LogP contribution is 2.33. The predicted molar refractivity (Wildman–Crippen MR) is 88.0 cm³/mol. The molecule has 0 aliphatic rings. The van der Waals surface area contributed by atoms with E-state index in [1.165, 1.54) is 4.88 Å². The maximum Gasteiger partial charge on any atom is 0.149 e. The minimum atomic E-state index is -0.334. The molecule has 0 aliphatic carbocycles. The maximum atomic E-state index is 9.42. The van der Waals surface area contributed by atoms with Crippen molar-refractivity contribution in [1.82, 2.24) is 0 Å². The molecule has 21 heavy (non-hydrogen) atoms. The van der Waals surface area contributed by atoms with Crippen molar-refractivity contribution in [3.8, 4) is 11.8 Å². The van der Waals surface area contributed by atoms with Crippen molar-refractivity contribution in [2.45, 2.75) is 32.2 Å². The van der Waals surface area contributed by atoms with Crippen LogP contribution in [0.2, 0.25) is 0 Å².